The van der Waals surface area contributed by atoms with Crippen LogP contribution in [0, 0.1) is 0 Å². The molecule has 1 amide bonds. The van der Waals surface area contributed by atoms with Crippen molar-refractivity contribution in [2.24, 2.45) is 0 Å². The Balaban J connectivity index is 0.00000210. The number of amides is 1. The normalized spacial score (nSPS) is 20.6. The summed E-state index contributed by atoms with van der Waals surface area (Å²) in [7, 11) is 1.95. The first-order valence-corrected chi connectivity index (χ1v) is 9.46. The molecule has 2 fully saturated rings. The van der Waals surface area contributed by atoms with Gasteiger partial charge in [-0.05, 0) is 44.6 Å². The van der Waals surface area contributed by atoms with E-state index in [0.29, 0.717) is 44.5 Å². The Kier molecular flexibility index (Phi) is 10.0. The fraction of sp³-hybridized carbons (Fsp3) is 0.632. The Morgan fingerprint density at radius 1 is 1.14 bits per heavy atom. The molecule has 0 saturated carbocycles. The van der Waals surface area contributed by atoms with E-state index in [9.17, 15) is 18.0 Å². The molecular weight excluding hydrogens is 428 g/mol. The molecular formula is C19H29Cl2F3N4O. The van der Waals surface area contributed by atoms with Gasteiger partial charge in [0.05, 0.1) is 12.1 Å². The number of piperidine rings is 1. The van der Waals surface area contributed by atoms with Crippen molar-refractivity contribution in [2.45, 2.75) is 25.1 Å². The smallest absolute Gasteiger partial charge is 0.368 e. The number of likely N-dealkylation sites (N-methyl/N-ethyl adjacent to an activating group) is 1. The summed E-state index contributed by atoms with van der Waals surface area (Å²) in [5, 5.41) is 3.27. The summed E-state index contributed by atoms with van der Waals surface area (Å²) in [6.07, 6.45) is -2.12. The van der Waals surface area contributed by atoms with Crippen molar-refractivity contribution < 1.29 is 18.0 Å². The molecule has 5 nitrogen and oxygen atoms in total. The zero-order valence-electron chi connectivity index (χ0n) is 16.5. The monoisotopic (exact) mass is 456 g/mol. The summed E-state index contributed by atoms with van der Waals surface area (Å²) in [5.74, 6) is 0.107. The van der Waals surface area contributed by atoms with Gasteiger partial charge in [-0.2, -0.15) is 13.2 Å². The van der Waals surface area contributed by atoms with Crippen molar-refractivity contribution >= 4 is 36.4 Å². The molecule has 2 aliphatic heterocycles. The predicted molar refractivity (Wildman–Crippen MR) is 113 cm³/mol. The molecule has 0 spiro atoms. The number of halogens is 5. The van der Waals surface area contributed by atoms with E-state index < -0.39 is 11.7 Å². The van der Waals surface area contributed by atoms with Gasteiger partial charge in [-0.3, -0.25) is 9.69 Å². The van der Waals surface area contributed by atoms with Crippen LogP contribution in [-0.2, 0) is 11.0 Å². The summed E-state index contributed by atoms with van der Waals surface area (Å²) >= 11 is 0. The SMILES string of the molecule is CNC1CCCN(CC(=O)N2CCN(c3cccc(C(F)(F)F)c3)CC2)C1.Cl.Cl. The standard InChI is InChI=1S/C19H27F3N4O.2ClH/c1-23-16-5-3-7-24(13-16)14-18(27)26-10-8-25(9-11-26)17-6-2-4-15(12-17)19(20,21)22;;/h2,4,6,12,16,23H,3,5,7-11,13-14H2,1H3;2*1H. The van der Waals surface area contributed by atoms with Gasteiger partial charge in [0, 0.05) is 44.5 Å². The van der Waals surface area contributed by atoms with E-state index in [0.717, 1.165) is 32.0 Å². The Bertz CT molecular complexity index is 655. The van der Waals surface area contributed by atoms with Crippen LogP contribution in [0.3, 0.4) is 0 Å². The molecule has 1 aromatic carbocycles. The number of nitrogens with one attached hydrogen (secondary N) is 1. The second-order valence-electron chi connectivity index (χ2n) is 7.28. The molecule has 166 valence electrons. The lowest BCUT2D eigenvalue weighted by molar-refractivity contribution is -0.137. The number of hydrogen-bond donors (Lipinski definition) is 1. The third kappa shape index (κ3) is 6.91. The summed E-state index contributed by atoms with van der Waals surface area (Å²) < 4.78 is 38.7. The highest BCUT2D eigenvalue weighted by molar-refractivity contribution is 5.85. The lowest BCUT2D eigenvalue weighted by atomic mass is 10.1. The molecule has 2 heterocycles. The average Bonchev–Trinajstić information content (AvgIpc) is 2.67. The minimum absolute atomic E-state index is 0. The van der Waals surface area contributed by atoms with Crippen molar-refractivity contribution in [1.82, 2.24) is 15.1 Å². The molecule has 2 aliphatic rings. The Morgan fingerprint density at radius 3 is 2.45 bits per heavy atom. The van der Waals surface area contributed by atoms with E-state index in [1.54, 1.807) is 6.07 Å². The summed E-state index contributed by atoms with van der Waals surface area (Å²) in [6, 6.07) is 5.83. The van der Waals surface area contributed by atoms with Crippen LogP contribution in [0.1, 0.15) is 18.4 Å². The number of carbonyl (C=O) groups excluding carboxylic acids is 1. The molecule has 1 N–H and O–H groups in total. The second kappa shape index (κ2) is 11.2. The lowest BCUT2D eigenvalue weighted by Crippen LogP contribution is -2.53. The van der Waals surface area contributed by atoms with E-state index in [2.05, 4.69) is 10.2 Å². The van der Waals surface area contributed by atoms with Gasteiger partial charge in [0.25, 0.3) is 0 Å². The highest BCUT2D eigenvalue weighted by Gasteiger charge is 2.31. The van der Waals surface area contributed by atoms with Crippen molar-refractivity contribution in [3.63, 3.8) is 0 Å². The van der Waals surface area contributed by atoms with E-state index in [1.807, 2.05) is 16.8 Å². The number of hydrogen-bond acceptors (Lipinski definition) is 4. The van der Waals surface area contributed by atoms with Crippen LogP contribution in [-0.4, -0.2) is 74.6 Å². The summed E-state index contributed by atoms with van der Waals surface area (Å²) in [6.45, 7) is 4.41. The maximum Gasteiger partial charge on any atom is 0.416 e. The molecule has 0 aromatic heterocycles. The number of piperazine rings is 1. The number of benzene rings is 1. The first-order chi connectivity index (χ1) is 12.9. The quantitative estimate of drug-likeness (QED) is 0.755. The largest absolute Gasteiger partial charge is 0.416 e. The zero-order chi connectivity index (χ0) is 19.4. The fourth-order valence-electron chi connectivity index (χ4n) is 3.82. The van der Waals surface area contributed by atoms with Gasteiger partial charge < -0.3 is 15.1 Å². The van der Waals surface area contributed by atoms with Crippen LogP contribution in [0.25, 0.3) is 0 Å². The Labute approximate surface area is 182 Å². The van der Waals surface area contributed by atoms with Gasteiger partial charge >= 0.3 is 6.18 Å². The molecule has 2 saturated heterocycles. The highest BCUT2D eigenvalue weighted by atomic mass is 35.5. The fourth-order valence-corrected chi connectivity index (χ4v) is 3.82. The van der Waals surface area contributed by atoms with Gasteiger partial charge in [0.2, 0.25) is 5.91 Å². The van der Waals surface area contributed by atoms with Crippen molar-refractivity contribution in [1.29, 1.82) is 0 Å². The summed E-state index contributed by atoms with van der Waals surface area (Å²) in [5.41, 5.74) is -0.0764. The Morgan fingerprint density at radius 2 is 1.83 bits per heavy atom. The van der Waals surface area contributed by atoms with Crippen molar-refractivity contribution in [2.75, 3.05) is 57.8 Å². The van der Waals surface area contributed by atoms with Crippen molar-refractivity contribution in [3.05, 3.63) is 29.8 Å². The minimum atomic E-state index is -4.34. The van der Waals surface area contributed by atoms with Crippen LogP contribution in [0.15, 0.2) is 24.3 Å². The van der Waals surface area contributed by atoms with E-state index in [-0.39, 0.29) is 30.7 Å². The number of rotatable bonds is 4. The first-order valence-electron chi connectivity index (χ1n) is 9.46. The van der Waals surface area contributed by atoms with E-state index in [1.165, 1.54) is 12.1 Å². The van der Waals surface area contributed by atoms with E-state index in [4.69, 9.17) is 0 Å². The number of likely N-dealkylation sites (tertiary alicyclic amines) is 1. The number of alkyl halides is 3. The average molecular weight is 457 g/mol. The molecule has 0 bridgehead atoms. The topological polar surface area (TPSA) is 38.8 Å². The maximum absolute atomic E-state index is 12.9. The van der Waals surface area contributed by atoms with Gasteiger partial charge in [0.15, 0.2) is 0 Å². The molecule has 0 radical (unpaired) electrons. The maximum atomic E-state index is 12.9. The Hall–Kier alpha value is -1.22. The van der Waals surface area contributed by atoms with Crippen LogP contribution >= 0.6 is 24.8 Å². The van der Waals surface area contributed by atoms with Gasteiger partial charge in [0.1, 0.15) is 0 Å². The van der Waals surface area contributed by atoms with Crippen molar-refractivity contribution in [3.8, 4) is 0 Å². The molecule has 1 aromatic rings. The molecule has 3 rings (SSSR count). The van der Waals surface area contributed by atoms with Crippen LogP contribution < -0.4 is 10.2 Å². The number of carbonyl (C=O) groups is 1. The predicted octanol–water partition coefficient (Wildman–Crippen LogP) is 2.88. The highest BCUT2D eigenvalue weighted by Crippen LogP contribution is 2.31. The molecule has 0 aliphatic carbocycles. The van der Waals surface area contributed by atoms with Crippen LogP contribution in [0.2, 0.25) is 0 Å². The number of nitrogens with zero attached hydrogens (tertiary/aromatic N) is 3. The lowest BCUT2D eigenvalue weighted by Gasteiger charge is -2.38. The van der Waals surface area contributed by atoms with Crippen LogP contribution in [0.5, 0.6) is 0 Å². The van der Waals surface area contributed by atoms with E-state index >= 15 is 0 Å². The van der Waals surface area contributed by atoms with Gasteiger partial charge in [-0.1, -0.05) is 6.07 Å². The second-order valence-corrected chi connectivity index (χ2v) is 7.28. The summed E-state index contributed by atoms with van der Waals surface area (Å²) in [4.78, 5) is 18.5. The number of anilines is 1. The zero-order valence-corrected chi connectivity index (χ0v) is 18.1. The molecule has 1 unspecified atom stereocenters. The molecule has 10 heteroatoms. The van der Waals surface area contributed by atoms with Gasteiger partial charge in [-0.25, -0.2) is 0 Å². The third-order valence-corrected chi connectivity index (χ3v) is 5.44. The molecule has 1 atom stereocenters. The molecule has 29 heavy (non-hydrogen) atoms. The minimum Gasteiger partial charge on any atom is -0.368 e. The van der Waals surface area contributed by atoms with Gasteiger partial charge in [-0.15, -0.1) is 24.8 Å². The first kappa shape index (κ1) is 25.8. The third-order valence-electron chi connectivity index (χ3n) is 5.44. The van der Waals surface area contributed by atoms with Crippen LogP contribution in [0.4, 0.5) is 18.9 Å².